The topological polar surface area (TPSA) is 91.6 Å². The van der Waals surface area contributed by atoms with Crippen molar-refractivity contribution in [3.05, 3.63) is 58.5 Å². The Morgan fingerprint density at radius 1 is 1.16 bits per heavy atom. The summed E-state index contributed by atoms with van der Waals surface area (Å²) in [5, 5.41) is 13.2. The van der Waals surface area contributed by atoms with Crippen LogP contribution < -0.4 is 10.2 Å². The predicted octanol–water partition coefficient (Wildman–Crippen LogP) is 2.48. The number of carbonyl (C=O) groups excluding carboxylic acids is 1. The van der Waals surface area contributed by atoms with Crippen LogP contribution in [0.4, 0.5) is 26.4 Å². The van der Waals surface area contributed by atoms with Crippen LogP contribution in [0.3, 0.4) is 0 Å². The maximum atomic E-state index is 13.6. The molecule has 2 heterocycles. The largest absolute Gasteiger partial charge is 0.353 e. The average molecular weight is 345 g/mol. The normalized spacial score (nSPS) is 14.3. The number of benzene rings is 1. The summed E-state index contributed by atoms with van der Waals surface area (Å²) in [6, 6.07) is 8.63. The van der Waals surface area contributed by atoms with E-state index in [4.69, 9.17) is 0 Å². The van der Waals surface area contributed by atoms with Gasteiger partial charge in [-0.15, -0.1) is 0 Å². The first kappa shape index (κ1) is 16.6. The number of nitrogens with one attached hydrogen (secondary N) is 1. The lowest BCUT2D eigenvalue weighted by molar-refractivity contribution is -0.385. The van der Waals surface area contributed by atoms with Gasteiger partial charge in [-0.05, 0) is 18.2 Å². The molecule has 2 amide bonds. The van der Waals surface area contributed by atoms with Crippen LogP contribution in [0.25, 0.3) is 0 Å². The quantitative estimate of drug-likeness (QED) is 0.681. The molecule has 1 aliphatic heterocycles. The average Bonchev–Trinajstić information content (AvgIpc) is 2.64. The number of rotatable bonds is 3. The first-order chi connectivity index (χ1) is 12.0. The first-order valence-corrected chi connectivity index (χ1v) is 7.70. The molecule has 3 rings (SSSR count). The fourth-order valence-corrected chi connectivity index (χ4v) is 2.57. The summed E-state index contributed by atoms with van der Waals surface area (Å²) in [6.45, 7) is 1.96. The summed E-state index contributed by atoms with van der Waals surface area (Å²) in [7, 11) is 0. The van der Waals surface area contributed by atoms with Crippen molar-refractivity contribution in [3.63, 3.8) is 0 Å². The second-order valence-corrected chi connectivity index (χ2v) is 5.52. The fourth-order valence-electron chi connectivity index (χ4n) is 2.57. The van der Waals surface area contributed by atoms with Gasteiger partial charge in [-0.3, -0.25) is 10.1 Å². The highest BCUT2D eigenvalue weighted by molar-refractivity contribution is 5.89. The number of pyridine rings is 1. The van der Waals surface area contributed by atoms with E-state index in [1.165, 1.54) is 24.4 Å². The molecule has 0 saturated carbocycles. The molecule has 25 heavy (non-hydrogen) atoms. The van der Waals surface area contributed by atoms with Crippen molar-refractivity contribution in [2.24, 2.45) is 0 Å². The van der Waals surface area contributed by atoms with Crippen LogP contribution in [0.1, 0.15) is 0 Å². The lowest BCUT2D eigenvalue weighted by Gasteiger charge is -2.35. The molecule has 0 spiro atoms. The van der Waals surface area contributed by atoms with Crippen molar-refractivity contribution in [1.29, 1.82) is 0 Å². The minimum atomic E-state index is -0.498. The molecule has 130 valence electrons. The van der Waals surface area contributed by atoms with Crippen molar-refractivity contribution in [2.45, 2.75) is 0 Å². The second kappa shape index (κ2) is 7.12. The van der Waals surface area contributed by atoms with Crippen LogP contribution in [0, 0.1) is 15.9 Å². The summed E-state index contributed by atoms with van der Waals surface area (Å²) >= 11 is 0. The molecule has 0 atom stereocenters. The third-order valence-electron chi connectivity index (χ3n) is 3.95. The number of aromatic nitrogens is 1. The van der Waals surface area contributed by atoms with Gasteiger partial charge in [0.05, 0.1) is 10.6 Å². The maximum absolute atomic E-state index is 13.6. The Morgan fingerprint density at radius 3 is 2.48 bits per heavy atom. The van der Waals surface area contributed by atoms with Gasteiger partial charge in [-0.1, -0.05) is 12.1 Å². The van der Waals surface area contributed by atoms with Crippen LogP contribution in [0.5, 0.6) is 0 Å². The number of amides is 2. The monoisotopic (exact) mass is 345 g/mol. The number of nitro groups is 1. The van der Waals surface area contributed by atoms with Crippen molar-refractivity contribution < 1.29 is 14.1 Å². The molecule has 0 bridgehead atoms. The molecule has 8 nitrogen and oxygen atoms in total. The van der Waals surface area contributed by atoms with Crippen molar-refractivity contribution in [1.82, 2.24) is 9.88 Å². The molecule has 0 radical (unpaired) electrons. The van der Waals surface area contributed by atoms with E-state index in [0.717, 1.165) is 0 Å². The lowest BCUT2D eigenvalue weighted by atomic mass is 10.3. The Hall–Kier alpha value is -3.23. The second-order valence-electron chi connectivity index (χ2n) is 5.52. The summed E-state index contributed by atoms with van der Waals surface area (Å²) in [5.74, 6) is 0.143. The van der Waals surface area contributed by atoms with E-state index in [9.17, 15) is 19.3 Å². The van der Waals surface area contributed by atoms with E-state index < -0.39 is 10.7 Å². The first-order valence-electron chi connectivity index (χ1n) is 7.70. The zero-order valence-electron chi connectivity index (χ0n) is 13.3. The number of halogens is 1. The van der Waals surface area contributed by atoms with Gasteiger partial charge in [0.1, 0.15) is 17.8 Å². The Balaban J connectivity index is 1.57. The van der Waals surface area contributed by atoms with Gasteiger partial charge in [0.15, 0.2) is 0 Å². The summed E-state index contributed by atoms with van der Waals surface area (Å²) in [4.78, 5) is 30.0. The molecule has 9 heteroatoms. The van der Waals surface area contributed by atoms with E-state index in [2.05, 4.69) is 10.3 Å². The highest BCUT2D eigenvalue weighted by Crippen LogP contribution is 2.18. The molecule has 1 saturated heterocycles. The molecule has 1 aromatic carbocycles. The number of para-hydroxylation sites is 1. The molecular formula is C16H16FN5O3. The smallest absolute Gasteiger partial charge is 0.322 e. The molecule has 1 fully saturated rings. The molecule has 0 unspecified atom stereocenters. The summed E-state index contributed by atoms with van der Waals surface area (Å²) in [6.07, 6.45) is 1.21. The van der Waals surface area contributed by atoms with Crippen LogP contribution in [0.2, 0.25) is 0 Å². The van der Waals surface area contributed by atoms with Crippen LogP contribution in [-0.2, 0) is 0 Å². The van der Waals surface area contributed by atoms with Crippen LogP contribution in [-0.4, -0.2) is 47.0 Å². The van der Waals surface area contributed by atoms with Gasteiger partial charge < -0.3 is 15.1 Å². The van der Waals surface area contributed by atoms with Crippen molar-refractivity contribution in [3.8, 4) is 0 Å². The zero-order chi connectivity index (χ0) is 17.8. The van der Waals surface area contributed by atoms with Gasteiger partial charge in [0.2, 0.25) is 0 Å². The molecule has 1 aromatic heterocycles. The number of hydrogen-bond donors (Lipinski definition) is 1. The van der Waals surface area contributed by atoms with Crippen LogP contribution >= 0.6 is 0 Å². The Labute approximate surface area is 143 Å². The van der Waals surface area contributed by atoms with Gasteiger partial charge in [-0.2, -0.15) is 0 Å². The third kappa shape index (κ3) is 3.82. The highest BCUT2D eigenvalue weighted by Gasteiger charge is 2.22. The molecular weight excluding hydrogens is 329 g/mol. The SMILES string of the molecule is O=C(Nc1ccccc1F)N1CCN(c2ccc([N+](=O)[O-])cn2)CC1. The molecule has 1 aliphatic rings. The van der Waals surface area contributed by atoms with Gasteiger partial charge in [0, 0.05) is 32.2 Å². The van der Waals surface area contributed by atoms with E-state index in [-0.39, 0.29) is 17.4 Å². The van der Waals surface area contributed by atoms with E-state index in [0.29, 0.717) is 32.0 Å². The van der Waals surface area contributed by atoms with Gasteiger partial charge in [-0.25, -0.2) is 14.2 Å². The van der Waals surface area contributed by atoms with E-state index >= 15 is 0 Å². The number of carbonyl (C=O) groups is 1. The van der Waals surface area contributed by atoms with Crippen molar-refractivity contribution >= 4 is 23.2 Å². The summed E-state index contributed by atoms with van der Waals surface area (Å²) in [5.41, 5.74) is 0.0821. The fraction of sp³-hybridized carbons (Fsp3) is 0.250. The van der Waals surface area contributed by atoms with Gasteiger partial charge in [0.25, 0.3) is 5.69 Å². The Bertz CT molecular complexity index is 776. The molecule has 0 aliphatic carbocycles. The minimum Gasteiger partial charge on any atom is -0.353 e. The maximum Gasteiger partial charge on any atom is 0.322 e. The third-order valence-corrected chi connectivity index (χ3v) is 3.95. The summed E-state index contributed by atoms with van der Waals surface area (Å²) < 4.78 is 13.6. The highest BCUT2D eigenvalue weighted by atomic mass is 19.1. The molecule has 1 N–H and O–H groups in total. The predicted molar refractivity (Wildman–Crippen MR) is 90.1 cm³/mol. The number of hydrogen-bond acceptors (Lipinski definition) is 5. The number of nitrogens with zero attached hydrogens (tertiary/aromatic N) is 4. The van der Waals surface area contributed by atoms with Crippen molar-refractivity contribution in [2.75, 3.05) is 36.4 Å². The Kier molecular flexibility index (Phi) is 4.73. The lowest BCUT2D eigenvalue weighted by Crippen LogP contribution is -2.50. The number of piperazine rings is 1. The Morgan fingerprint density at radius 2 is 1.88 bits per heavy atom. The standard InChI is InChI=1S/C16H16FN5O3/c17-13-3-1-2-4-14(13)19-16(23)21-9-7-20(8-10-21)15-6-5-12(11-18-15)22(24)25/h1-6,11H,7-10H2,(H,19,23). The van der Waals surface area contributed by atoms with E-state index in [1.54, 1.807) is 23.1 Å². The number of urea groups is 1. The number of anilines is 2. The zero-order valence-corrected chi connectivity index (χ0v) is 13.3. The van der Waals surface area contributed by atoms with Gasteiger partial charge >= 0.3 is 6.03 Å². The van der Waals surface area contributed by atoms with Crippen LogP contribution in [0.15, 0.2) is 42.6 Å². The molecule has 2 aromatic rings. The van der Waals surface area contributed by atoms with E-state index in [1.807, 2.05) is 4.90 Å². The minimum absolute atomic E-state index is 0.0633.